The maximum atomic E-state index is 10.9. The van der Waals surface area contributed by atoms with Crippen LogP contribution in [0.15, 0.2) is 30.5 Å². The molecule has 0 saturated carbocycles. The quantitative estimate of drug-likeness (QED) is 0.935. The fourth-order valence-corrected chi connectivity index (χ4v) is 2.71. The van der Waals surface area contributed by atoms with Crippen LogP contribution in [-0.4, -0.2) is 33.2 Å². The Morgan fingerprint density at radius 1 is 1.32 bits per heavy atom. The highest BCUT2D eigenvalue weighted by molar-refractivity contribution is 5.51. The van der Waals surface area contributed by atoms with E-state index in [1.54, 1.807) is 16.8 Å². The SMILES string of the molecule is CC(C)n1cc([C@@]2(O)CCN(c3ccc(C#N)cc3)C2)nn1. The summed E-state index contributed by atoms with van der Waals surface area (Å²) in [4.78, 5) is 2.11. The molecular weight excluding hydrogens is 278 g/mol. The monoisotopic (exact) mass is 297 g/mol. The van der Waals surface area contributed by atoms with E-state index in [9.17, 15) is 5.11 Å². The minimum atomic E-state index is -0.971. The average Bonchev–Trinajstić information content (AvgIpc) is 3.15. The molecule has 1 N–H and O–H groups in total. The maximum absolute atomic E-state index is 10.9. The molecule has 1 atom stereocenters. The van der Waals surface area contributed by atoms with Crippen molar-refractivity contribution in [3.05, 3.63) is 41.7 Å². The molecule has 2 aromatic rings. The summed E-state index contributed by atoms with van der Waals surface area (Å²) in [5.41, 5.74) is 1.29. The number of hydrogen-bond acceptors (Lipinski definition) is 5. The topological polar surface area (TPSA) is 78.0 Å². The lowest BCUT2D eigenvalue weighted by atomic mass is 10.00. The van der Waals surface area contributed by atoms with Crippen molar-refractivity contribution in [2.24, 2.45) is 0 Å². The van der Waals surface area contributed by atoms with Gasteiger partial charge >= 0.3 is 0 Å². The molecule has 1 aliphatic heterocycles. The molecular formula is C16H19N5O. The smallest absolute Gasteiger partial charge is 0.129 e. The molecule has 1 saturated heterocycles. The summed E-state index contributed by atoms with van der Waals surface area (Å²) >= 11 is 0. The Labute approximate surface area is 129 Å². The zero-order valence-corrected chi connectivity index (χ0v) is 12.8. The van der Waals surface area contributed by atoms with E-state index in [-0.39, 0.29) is 6.04 Å². The Morgan fingerprint density at radius 2 is 2.05 bits per heavy atom. The van der Waals surface area contributed by atoms with Gasteiger partial charge in [0.2, 0.25) is 0 Å². The molecule has 22 heavy (non-hydrogen) atoms. The maximum Gasteiger partial charge on any atom is 0.129 e. The van der Waals surface area contributed by atoms with Gasteiger partial charge in [0, 0.05) is 24.7 Å². The molecule has 1 fully saturated rings. The van der Waals surface area contributed by atoms with Gasteiger partial charge in [0.25, 0.3) is 0 Å². The first-order valence-electron chi connectivity index (χ1n) is 7.42. The van der Waals surface area contributed by atoms with Gasteiger partial charge in [-0.2, -0.15) is 5.26 Å². The molecule has 0 radical (unpaired) electrons. The molecule has 2 heterocycles. The van der Waals surface area contributed by atoms with Crippen molar-refractivity contribution in [3.8, 4) is 6.07 Å². The zero-order valence-electron chi connectivity index (χ0n) is 12.8. The van der Waals surface area contributed by atoms with Crippen LogP contribution in [0.25, 0.3) is 0 Å². The van der Waals surface area contributed by atoms with Gasteiger partial charge in [-0.25, -0.2) is 4.68 Å². The third-order valence-corrected chi connectivity index (χ3v) is 4.13. The van der Waals surface area contributed by atoms with E-state index in [4.69, 9.17) is 5.26 Å². The molecule has 1 aromatic carbocycles. The summed E-state index contributed by atoms with van der Waals surface area (Å²) in [7, 11) is 0. The van der Waals surface area contributed by atoms with E-state index in [1.807, 2.05) is 32.2 Å². The predicted octanol–water partition coefficient (Wildman–Crippen LogP) is 1.83. The number of aliphatic hydroxyl groups is 1. The summed E-state index contributed by atoms with van der Waals surface area (Å²) in [6.07, 6.45) is 2.44. The van der Waals surface area contributed by atoms with Crippen LogP contribution in [0, 0.1) is 11.3 Å². The molecule has 0 amide bonds. The molecule has 0 aliphatic carbocycles. The van der Waals surface area contributed by atoms with Crippen LogP contribution >= 0.6 is 0 Å². The first-order chi connectivity index (χ1) is 10.5. The van der Waals surface area contributed by atoms with Crippen molar-refractivity contribution >= 4 is 5.69 Å². The summed E-state index contributed by atoms with van der Waals surface area (Å²) < 4.78 is 1.76. The second kappa shape index (κ2) is 5.43. The molecule has 1 aromatic heterocycles. The third-order valence-electron chi connectivity index (χ3n) is 4.13. The number of β-amino-alcohol motifs (C(OH)–C–C–N with tert-alkyl or cyclic N) is 1. The summed E-state index contributed by atoms with van der Waals surface area (Å²) in [6, 6.07) is 9.75. The molecule has 0 unspecified atom stereocenters. The number of hydrogen-bond donors (Lipinski definition) is 1. The number of aromatic nitrogens is 3. The summed E-state index contributed by atoms with van der Waals surface area (Å²) in [6.45, 7) is 5.28. The number of benzene rings is 1. The average molecular weight is 297 g/mol. The van der Waals surface area contributed by atoms with Crippen molar-refractivity contribution in [3.63, 3.8) is 0 Å². The molecule has 0 spiro atoms. The van der Waals surface area contributed by atoms with Crippen molar-refractivity contribution < 1.29 is 5.11 Å². The fourth-order valence-electron chi connectivity index (χ4n) is 2.71. The van der Waals surface area contributed by atoms with Crippen LogP contribution < -0.4 is 4.90 Å². The van der Waals surface area contributed by atoms with Crippen LogP contribution in [0.2, 0.25) is 0 Å². The van der Waals surface area contributed by atoms with E-state index in [2.05, 4.69) is 21.3 Å². The van der Waals surface area contributed by atoms with E-state index < -0.39 is 5.60 Å². The Kier molecular flexibility index (Phi) is 3.59. The van der Waals surface area contributed by atoms with Gasteiger partial charge in [-0.15, -0.1) is 5.10 Å². The fraction of sp³-hybridized carbons (Fsp3) is 0.438. The predicted molar refractivity (Wildman–Crippen MR) is 82.3 cm³/mol. The third kappa shape index (κ3) is 2.55. The minimum absolute atomic E-state index is 0.223. The molecule has 3 rings (SSSR count). The standard InChI is InChI=1S/C16H19N5O/c1-12(2)21-10-15(18-19-21)16(22)7-8-20(11-16)14-5-3-13(9-17)4-6-14/h3-6,10,12,22H,7-8,11H2,1-2H3/t16-/m1/s1. The zero-order chi connectivity index (χ0) is 15.7. The van der Waals surface area contributed by atoms with Crippen molar-refractivity contribution in [2.45, 2.75) is 31.9 Å². The Bertz CT molecular complexity index is 700. The summed E-state index contributed by atoms with van der Waals surface area (Å²) in [5, 5.41) is 27.9. The van der Waals surface area contributed by atoms with Gasteiger partial charge in [0.15, 0.2) is 0 Å². The van der Waals surface area contributed by atoms with Crippen LogP contribution in [0.1, 0.15) is 37.6 Å². The Hall–Kier alpha value is -2.39. The van der Waals surface area contributed by atoms with Gasteiger partial charge in [0.1, 0.15) is 11.3 Å². The second-order valence-electron chi connectivity index (χ2n) is 6.04. The van der Waals surface area contributed by atoms with Crippen LogP contribution in [0.4, 0.5) is 5.69 Å². The van der Waals surface area contributed by atoms with Crippen LogP contribution in [0.3, 0.4) is 0 Å². The molecule has 6 nitrogen and oxygen atoms in total. The molecule has 114 valence electrons. The second-order valence-corrected chi connectivity index (χ2v) is 6.04. The largest absolute Gasteiger partial charge is 0.381 e. The normalized spacial score (nSPS) is 21.3. The highest BCUT2D eigenvalue weighted by atomic mass is 16.3. The molecule has 1 aliphatic rings. The number of nitriles is 1. The van der Waals surface area contributed by atoms with Gasteiger partial charge in [0.05, 0.1) is 24.4 Å². The van der Waals surface area contributed by atoms with Gasteiger partial charge < -0.3 is 10.0 Å². The van der Waals surface area contributed by atoms with E-state index in [1.165, 1.54) is 0 Å². The van der Waals surface area contributed by atoms with Gasteiger partial charge in [-0.05, 0) is 38.1 Å². The number of anilines is 1. The first kappa shape index (κ1) is 14.5. The lowest BCUT2D eigenvalue weighted by molar-refractivity contribution is 0.0559. The lowest BCUT2D eigenvalue weighted by Gasteiger charge is -2.22. The van der Waals surface area contributed by atoms with Crippen LogP contribution in [0.5, 0.6) is 0 Å². The highest BCUT2D eigenvalue weighted by Gasteiger charge is 2.40. The highest BCUT2D eigenvalue weighted by Crippen LogP contribution is 2.33. The van der Waals surface area contributed by atoms with E-state index in [0.717, 1.165) is 12.2 Å². The Balaban J connectivity index is 1.78. The van der Waals surface area contributed by atoms with Gasteiger partial charge in [-0.3, -0.25) is 0 Å². The van der Waals surface area contributed by atoms with E-state index >= 15 is 0 Å². The first-order valence-corrected chi connectivity index (χ1v) is 7.42. The minimum Gasteiger partial charge on any atom is -0.381 e. The van der Waals surface area contributed by atoms with Crippen molar-refractivity contribution in [2.75, 3.05) is 18.0 Å². The Morgan fingerprint density at radius 3 is 2.64 bits per heavy atom. The molecule has 0 bridgehead atoms. The van der Waals surface area contributed by atoms with E-state index in [0.29, 0.717) is 24.2 Å². The number of rotatable bonds is 3. The molecule has 6 heteroatoms. The summed E-state index contributed by atoms with van der Waals surface area (Å²) in [5.74, 6) is 0. The van der Waals surface area contributed by atoms with Crippen molar-refractivity contribution in [1.29, 1.82) is 5.26 Å². The van der Waals surface area contributed by atoms with Gasteiger partial charge in [-0.1, -0.05) is 5.21 Å². The van der Waals surface area contributed by atoms with Crippen molar-refractivity contribution in [1.82, 2.24) is 15.0 Å². The lowest BCUT2D eigenvalue weighted by Crippen LogP contribution is -2.31. The number of nitrogens with zero attached hydrogens (tertiary/aromatic N) is 5. The van der Waals surface area contributed by atoms with Crippen LogP contribution in [-0.2, 0) is 5.60 Å².